The first kappa shape index (κ1) is 14.2. The zero-order valence-corrected chi connectivity index (χ0v) is 12.6. The standard InChI is InChI=1S/C17H21NS/c1-12(2)14-5-7-16(8-6-14)19-17-9-4-13(3)10-15(17)11-18/h4-10,12H,11,18H2,1-3H3. The van der Waals surface area contributed by atoms with Crippen molar-refractivity contribution in [2.45, 2.75) is 43.0 Å². The van der Waals surface area contributed by atoms with Crippen LogP contribution in [0.25, 0.3) is 0 Å². The first-order valence-electron chi connectivity index (χ1n) is 6.67. The maximum atomic E-state index is 5.82. The van der Waals surface area contributed by atoms with Crippen LogP contribution in [0.2, 0.25) is 0 Å². The van der Waals surface area contributed by atoms with E-state index < -0.39 is 0 Å². The first-order chi connectivity index (χ1) is 9.10. The van der Waals surface area contributed by atoms with Crippen LogP contribution in [0.3, 0.4) is 0 Å². The van der Waals surface area contributed by atoms with Gasteiger partial charge in [0.15, 0.2) is 0 Å². The molecule has 0 heterocycles. The molecule has 2 heteroatoms. The number of benzene rings is 2. The Morgan fingerprint density at radius 2 is 1.74 bits per heavy atom. The Bertz CT molecular complexity index is 544. The molecule has 100 valence electrons. The van der Waals surface area contributed by atoms with E-state index >= 15 is 0 Å². The van der Waals surface area contributed by atoms with Crippen molar-refractivity contribution in [3.63, 3.8) is 0 Å². The van der Waals surface area contributed by atoms with Gasteiger partial charge in [0.1, 0.15) is 0 Å². The molecule has 0 saturated carbocycles. The van der Waals surface area contributed by atoms with Crippen molar-refractivity contribution < 1.29 is 0 Å². The van der Waals surface area contributed by atoms with Gasteiger partial charge in [0.05, 0.1) is 0 Å². The van der Waals surface area contributed by atoms with Crippen molar-refractivity contribution in [2.24, 2.45) is 5.73 Å². The largest absolute Gasteiger partial charge is 0.326 e. The molecule has 0 aliphatic heterocycles. The SMILES string of the molecule is Cc1ccc(Sc2ccc(C(C)C)cc2)c(CN)c1. The van der Waals surface area contributed by atoms with Crippen molar-refractivity contribution in [1.29, 1.82) is 0 Å². The van der Waals surface area contributed by atoms with Gasteiger partial charge in [0.2, 0.25) is 0 Å². The molecule has 0 radical (unpaired) electrons. The van der Waals surface area contributed by atoms with Crippen LogP contribution in [0.1, 0.15) is 36.5 Å². The topological polar surface area (TPSA) is 26.0 Å². The molecular weight excluding hydrogens is 250 g/mol. The Hall–Kier alpha value is -1.25. The molecule has 0 saturated heterocycles. The van der Waals surface area contributed by atoms with E-state index in [9.17, 15) is 0 Å². The fourth-order valence-electron chi connectivity index (χ4n) is 2.02. The van der Waals surface area contributed by atoms with Crippen LogP contribution in [-0.4, -0.2) is 0 Å². The number of hydrogen-bond acceptors (Lipinski definition) is 2. The third-order valence-electron chi connectivity index (χ3n) is 3.21. The second-order valence-electron chi connectivity index (χ2n) is 5.14. The van der Waals surface area contributed by atoms with Crippen LogP contribution >= 0.6 is 11.8 Å². The second kappa shape index (κ2) is 6.27. The molecule has 0 spiro atoms. The molecule has 0 unspecified atom stereocenters. The fourth-order valence-corrected chi connectivity index (χ4v) is 2.95. The minimum Gasteiger partial charge on any atom is -0.326 e. The monoisotopic (exact) mass is 271 g/mol. The summed E-state index contributed by atoms with van der Waals surface area (Å²) in [6, 6.07) is 15.3. The third-order valence-corrected chi connectivity index (χ3v) is 4.34. The van der Waals surface area contributed by atoms with Crippen LogP contribution in [0, 0.1) is 6.92 Å². The molecule has 0 atom stereocenters. The molecule has 0 aliphatic rings. The normalized spacial score (nSPS) is 11.0. The first-order valence-corrected chi connectivity index (χ1v) is 7.49. The third kappa shape index (κ3) is 3.62. The summed E-state index contributed by atoms with van der Waals surface area (Å²) in [6.45, 7) is 7.13. The van der Waals surface area contributed by atoms with Gasteiger partial charge in [-0.25, -0.2) is 0 Å². The molecule has 0 amide bonds. The summed E-state index contributed by atoms with van der Waals surface area (Å²) < 4.78 is 0. The fraction of sp³-hybridized carbons (Fsp3) is 0.294. The van der Waals surface area contributed by atoms with Crippen LogP contribution in [0.4, 0.5) is 0 Å². The summed E-state index contributed by atoms with van der Waals surface area (Å²) >= 11 is 1.79. The summed E-state index contributed by atoms with van der Waals surface area (Å²) in [5.74, 6) is 0.582. The molecule has 0 aromatic heterocycles. The molecule has 2 aromatic rings. The van der Waals surface area contributed by atoms with E-state index in [1.807, 2.05) is 0 Å². The summed E-state index contributed by atoms with van der Waals surface area (Å²) in [6.07, 6.45) is 0. The van der Waals surface area contributed by atoms with Crippen LogP contribution < -0.4 is 5.73 Å². The lowest BCUT2D eigenvalue weighted by Gasteiger charge is -2.10. The van der Waals surface area contributed by atoms with Crippen molar-refractivity contribution >= 4 is 11.8 Å². The number of nitrogens with two attached hydrogens (primary N) is 1. The van der Waals surface area contributed by atoms with Crippen molar-refractivity contribution in [3.8, 4) is 0 Å². The van der Waals surface area contributed by atoms with Gasteiger partial charge in [0.25, 0.3) is 0 Å². The smallest absolute Gasteiger partial charge is 0.0189 e. The maximum Gasteiger partial charge on any atom is 0.0189 e. The minimum absolute atomic E-state index is 0.582. The predicted octanol–water partition coefficient (Wildman–Crippen LogP) is 4.73. The van der Waals surface area contributed by atoms with Crippen molar-refractivity contribution in [1.82, 2.24) is 0 Å². The predicted molar refractivity (Wildman–Crippen MR) is 83.7 cm³/mol. The highest BCUT2D eigenvalue weighted by molar-refractivity contribution is 7.99. The lowest BCUT2D eigenvalue weighted by atomic mass is 10.0. The molecule has 0 fully saturated rings. The molecule has 2 N–H and O–H groups in total. The van der Waals surface area contributed by atoms with Gasteiger partial charge in [-0.05, 0) is 42.2 Å². The molecule has 0 bridgehead atoms. The summed E-state index contributed by atoms with van der Waals surface area (Å²) in [4.78, 5) is 2.52. The Balaban J connectivity index is 2.21. The number of aryl methyl sites for hydroxylation is 1. The Morgan fingerprint density at radius 3 is 2.32 bits per heavy atom. The van der Waals surface area contributed by atoms with E-state index in [0.29, 0.717) is 12.5 Å². The molecule has 2 rings (SSSR count). The highest BCUT2D eigenvalue weighted by Gasteiger charge is 2.05. The minimum atomic E-state index is 0.582. The quantitative estimate of drug-likeness (QED) is 0.870. The van der Waals surface area contributed by atoms with Gasteiger partial charge in [-0.2, -0.15) is 0 Å². The van der Waals surface area contributed by atoms with Gasteiger partial charge in [-0.1, -0.05) is 55.4 Å². The molecule has 19 heavy (non-hydrogen) atoms. The average Bonchev–Trinajstić information content (AvgIpc) is 2.41. The van der Waals surface area contributed by atoms with E-state index in [4.69, 9.17) is 5.73 Å². The van der Waals surface area contributed by atoms with Crippen LogP contribution in [0.5, 0.6) is 0 Å². The maximum absolute atomic E-state index is 5.82. The molecule has 1 nitrogen and oxygen atoms in total. The van der Waals surface area contributed by atoms with Crippen molar-refractivity contribution in [2.75, 3.05) is 0 Å². The van der Waals surface area contributed by atoms with Gasteiger partial charge >= 0.3 is 0 Å². The summed E-state index contributed by atoms with van der Waals surface area (Å²) in [7, 11) is 0. The van der Waals surface area contributed by atoms with Gasteiger partial charge in [-0.15, -0.1) is 0 Å². The zero-order chi connectivity index (χ0) is 13.8. The second-order valence-corrected chi connectivity index (χ2v) is 6.26. The molecule has 0 aliphatic carbocycles. The molecule has 2 aromatic carbocycles. The lowest BCUT2D eigenvalue weighted by Crippen LogP contribution is -1.98. The van der Waals surface area contributed by atoms with E-state index in [1.165, 1.54) is 26.5 Å². The van der Waals surface area contributed by atoms with Crippen molar-refractivity contribution in [3.05, 3.63) is 59.2 Å². The van der Waals surface area contributed by atoms with E-state index in [-0.39, 0.29) is 0 Å². The Kier molecular flexibility index (Phi) is 4.67. The van der Waals surface area contributed by atoms with Gasteiger partial charge < -0.3 is 5.73 Å². The Labute approximate surface area is 120 Å². The average molecular weight is 271 g/mol. The highest BCUT2D eigenvalue weighted by Crippen LogP contribution is 2.31. The van der Waals surface area contributed by atoms with E-state index in [0.717, 1.165) is 0 Å². The van der Waals surface area contributed by atoms with Gasteiger partial charge in [0, 0.05) is 16.3 Å². The van der Waals surface area contributed by atoms with E-state index in [2.05, 4.69) is 63.2 Å². The summed E-state index contributed by atoms with van der Waals surface area (Å²) in [5, 5.41) is 0. The number of rotatable bonds is 4. The number of hydrogen-bond donors (Lipinski definition) is 1. The zero-order valence-electron chi connectivity index (χ0n) is 11.8. The van der Waals surface area contributed by atoms with E-state index in [1.54, 1.807) is 11.8 Å². The van der Waals surface area contributed by atoms with Crippen LogP contribution in [0.15, 0.2) is 52.3 Å². The molecular formula is C17H21NS. The summed E-state index contributed by atoms with van der Waals surface area (Å²) in [5.41, 5.74) is 9.69. The Morgan fingerprint density at radius 1 is 1.05 bits per heavy atom. The van der Waals surface area contributed by atoms with Gasteiger partial charge in [-0.3, -0.25) is 0 Å². The highest BCUT2D eigenvalue weighted by atomic mass is 32.2. The van der Waals surface area contributed by atoms with Crippen LogP contribution in [-0.2, 0) is 6.54 Å². The lowest BCUT2D eigenvalue weighted by molar-refractivity contribution is 0.865.